The number of carboxylic acid groups (broad SMARTS) is 1. The van der Waals surface area contributed by atoms with Gasteiger partial charge in [-0.15, -0.1) is 11.3 Å². The Morgan fingerprint density at radius 2 is 2.46 bits per heavy atom. The molecule has 1 aromatic rings. The number of rotatable bonds is 4. The van der Waals surface area contributed by atoms with E-state index in [2.05, 4.69) is 0 Å². The second kappa shape index (κ2) is 4.60. The Balaban J connectivity index is 2.72. The maximum absolute atomic E-state index is 10.5. The molecule has 1 aromatic heterocycles. The van der Waals surface area contributed by atoms with Crippen molar-refractivity contribution in [3.63, 3.8) is 0 Å². The molecule has 0 spiro atoms. The third kappa shape index (κ3) is 2.99. The highest BCUT2D eigenvalue weighted by Crippen LogP contribution is 2.28. The van der Waals surface area contributed by atoms with Gasteiger partial charge in [-0.2, -0.15) is 0 Å². The maximum atomic E-state index is 10.5. The molecule has 0 aliphatic heterocycles. The minimum absolute atomic E-state index is 0.0628. The second-order valence-electron chi connectivity index (χ2n) is 2.70. The van der Waals surface area contributed by atoms with Gasteiger partial charge in [0.05, 0.1) is 11.4 Å². The van der Waals surface area contributed by atoms with Crippen LogP contribution in [0.15, 0.2) is 11.4 Å². The van der Waals surface area contributed by atoms with Crippen molar-refractivity contribution in [2.45, 2.75) is 12.3 Å². The quantitative estimate of drug-likeness (QED) is 0.813. The molecular formula is C8H10ClNO2S. The van der Waals surface area contributed by atoms with Crippen molar-refractivity contribution in [1.82, 2.24) is 0 Å². The Labute approximate surface area is 85.1 Å². The second-order valence-corrected chi connectivity index (χ2v) is 4.08. The van der Waals surface area contributed by atoms with Gasteiger partial charge in [0, 0.05) is 22.7 Å². The number of thiophene rings is 1. The summed E-state index contributed by atoms with van der Waals surface area (Å²) in [6.07, 6.45) is 0.0628. The lowest BCUT2D eigenvalue weighted by atomic mass is 10.0. The number of hydrogen-bond donors (Lipinski definition) is 2. The molecule has 3 nitrogen and oxygen atoms in total. The summed E-state index contributed by atoms with van der Waals surface area (Å²) in [5, 5.41) is 11.0. The number of nitrogens with two attached hydrogens (primary N) is 1. The van der Waals surface area contributed by atoms with Gasteiger partial charge in [0.2, 0.25) is 0 Å². The largest absolute Gasteiger partial charge is 0.481 e. The van der Waals surface area contributed by atoms with E-state index in [1.807, 2.05) is 0 Å². The van der Waals surface area contributed by atoms with Crippen molar-refractivity contribution < 1.29 is 9.90 Å². The van der Waals surface area contributed by atoms with Crippen molar-refractivity contribution in [3.8, 4) is 0 Å². The molecule has 0 aromatic carbocycles. The molecule has 1 heterocycles. The van der Waals surface area contributed by atoms with Gasteiger partial charge in [-0.05, 0) is 6.07 Å². The first-order valence-electron chi connectivity index (χ1n) is 3.79. The Morgan fingerprint density at radius 1 is 1.77 bits per heavy atom. The van der Waals surface area contributed by atoms with Crippen LogP contribution >= 0.6 is 22.9 Å². The van der Waals surface area contributed by atoms with E-state index in [9.17, 15) is 4.79 Å². The van der Waals surface area contributed by atoms with Crippen molar-refractivity contribution >= 4 is 28.9 Å². The summed E-state index contributed by atoms with van der Waals surface area (Å²) in [6, 6.07) is 1.77. The number of hydrogen-bond acceptors (Lipinski definition) is 3. The van der Waals surface area contributed by atoms with E-state index in [0.717, 1.165) is 4.88 Å². The van der Waals surface area contributed by atoms with Crippen molar-refractivity contribution in [1.29, 1.82) is 0 Å². The predicted octanol–water partition coefficient (Wildman–Crippen LogP) is 1.92. The minimum atomic E-state index is -0.833. The van der Waals surface area contributed by atoms with Crippen LogP contribution in [-0.2, 0) is 4.79 Å². The molecule has 0 aliphatic rings. The highest BCUT2D eigenvalue weighted by atomic mass is 35.5. The summed E-state index contributed by atoms with van der Waals surface area (Å²) in [5.41, 5.74) is 5.46. The number of carbonyl (C=O) groups is 1. The van der Waals surface area contributed by atoms with Crippen molar-refractivity contribution in [2.24, 2.45) is 5.73 Å². The Kier molecular flexibility index (Phi) is 3.71. The summed E-state index contributed by atoms with van der Waals surface area (Å²) < 4.78 is 0. The van der Waals surface area contributed by atoms with Gasteiger partial charge in [0.1, 0.15) is 0 Å². The number of halogens is 1. The molecule has 5 heteroatoms. The fourth-order valence-electron chi connectivity index (χ4n) is 1.05. The minimum Gasteiger partial charge on any atom is -0.481 e. The molecule has 72 valence electrons. The highest BCUT2D eigenvalue weighted by molar-refractivity contribution is 7.10. The maximum Gasteiger partial charge on any atom is 0.304 e. The number of carboxylic acids is 1. The van der Waals surface area contributed by atoms with Crippen LogP contribution in [0.5, 0.6) is 0 Å². The van der Waals surface area contributed by atoms with Crippen LogP contribution in [-0.4, -0.2) is 17.6 Å². The monoisotopic (exact) mass is 219 g/mol. The fraction of sp³-hybridized carbons (Fsp3) is 0.375. The lowest BCUT2D eigenvalue weighted by Crippen LogP contribution is -2.15. The zero-order valence-corrected chi connectivity index (χ0v) is 8.44. The van der Waals surface area contributed by atoms with Gasteiger partial charge in [0.25, 0.3) is 0 Å². The van der Waals surface area contributed by atoms with Crippen LogP contribution in [0.3, 0.4) is 0 Å². The predicted molar refractivity (Wildman–Crippen MR) is 53.4 cm³/mol. The molecule has 0 saturated carbocycles. The average molecular weight is 220 g/mol. The molecule has 0 amide bonds. The van der Waals surface area contributed by atoms with Gasteiger partial charge in [-0.3, -0.25) is 4.79 Å². The first-order chi connectivity index (χ1) is 6.13. The van der Waals surface area contributed by atoms with Crippen LogP contribution in [0.1, 0.15) is 17.2 Å². The summed E-state index contributed by atoms with van der Waals surface area (Å²) in [4.78, 5) is 11.4. The molecule has 0 fully saturated rings. The lowest BCUT2D eigenvalue weighted by Gasteiger charge is -2.08. The van der Waals surface area contributed by atoms with Crippen LogP contribution in [0.25, 0.3) is 0 Å². The zero-order valence-electron chi connectivity index (χ0n) is 6.87. The topological polar surface area (TPSA) is 63.3 Å². The Bertz CT molecular complexity index is 300. The normalized spacial score (nSPS) is 12.8. The summed E-state index contributed by atoms with van der Waals surface area (Å²) in [7, 11) is 0. The van der Waals surface area contributed by atoms with Gasteiger partial charge < -0.3 is 10.8 Å². The third-order valence-corrected chi connectivity index (χ3v) is 3.14. The molecule has 13 heavy (non-hydrogen) atoms. The fourth-order valence-corrected chi connectivity index (χ4v) is 2.25. The molecule has 1 atom stereocenters. The summed E-state index contributed by atoms with van der Waals surface area (Å²) >= 11 is 7.17. The standard InChI is InChI=1S/C8H10ClNO2S/c9-6-2-7(13-4-6)5(3-10)1-8(11)12/h2,4-5H,1,3,10H2,(H,11,12)/t5-/m0/s1. The molecule has 0 radical (unpaired) electrons. The number of aliphatic carboxylic acids is 1. The molecule has 3 N–H and O–H groups in total. The van der Waals surface area contributed by atoms with Crippen molar-refractivity contribution in [3.05, 3.63) is 21.3 Å². The van der Waals surface area contributed by atoms with E-state index in [0.29, 0.717) is 11.6 Å². The van der Waals surface area contributed by atoms with Gasteiger partial charge in [0.15, 0.2) is 0 Å². The SMILES string of the molecule is NC[C@H](CC(=O)O)c1cc(Cl)cs1. The Hall–Kier alpha value is -0.580. The average Bonchev–Trinajstić information content (AvgIpc) is 2.47. The van der Waals surface area contributed by atoms with Crippen LogP contribution in [0.4, 0.5) is 0 Å². The van der Waals surface area contributed by atoms with E-state index in [1.165, 1.54) is 11.3 Å². The van der Waals surface area contributed by atoms with Gasteiger partial charge >= 0.3 is 5.97 Å². The smallest absolute Gasteiger partial charge is 0.304 e. The van der Waals surface area contributed by atoms with Crippen molar-refractivity contribution in [2.75, 3.05) is 6.54 Å². The van der Waals surface area contributed by atoms with Crippen LogP contribution < -0.4 is 5.73 Å². The Morgan fingerprint density at radius 3 is 2.85 bits per heavy atom. The third-order valence-electron chi connectivity index (χ3n) is 1.70. The summed E-state index contributed by atoms with van der Waals surface area (Å²) in [6.45, 7) is 0.336. The van der Waals surface area contributed by atoms with Crippen LogP contribution in [0.2, 0.25) is 5.02 Å². The molecule has 0 aliphatic carbocycles. The van der Waals surface area contributed by atoms with E-state index >= 15 is 0 Å². The van der Waals surface area contributed by atoms with Gasteiger partial charge in [-0.1, -0.05) is 11.6 Å². The molecular weight excluding hydrogens is 210 g/mol. The van der Waals surface area contributed by atoms with E-state index < -0.39 is 5.97 Å². The summed E-state index contributed by atoms with van der Waals surface area (Å²) in [5.74, 6) is -0.949. The zero-order chi connectivity index (χ0) is 9.84. The molecule has 0 unspecified atom stereocenters. The molecule has 0 bridgehead atoms. The molecule has 1 rings (SSSR count). The van der Waals surface area contributed by atoms with Crippen LogP contribution in [0, 0.1) is 0 Å². The van der Waals surface area contributed by atoms with E-state index in [-0.39, 0.29) is 12.3 Å². The van der Waals surface area contributed by atoms with E-state index in [4.69, 9.17) is 22.4 Å². The van der Waals surface area contributed by atoms with E-state index in [1.54, 1.807) is 11.4 Å². The molecule has 0 saturated heterocycles. The first kappa shape index (κ1) is 10.5. The highest BCUT2D eigenvalue weighted by Gasteiger charge is 2.15. The first-order valence-corrected chi connectivity index (χ1v) is 5.05. The van der Waals surface area contributed by atoms with Gasteiger partial charge in [-0.25, -0.2) is 0 Å². The lowest BCUT2D eigenvalue weighted by molar-refractivity contribution is -0.137.